The van der Waals surface area contributed by atoms with Gasteiger partial charge >= 0.3 is 0 Å². The predicted molar refractivity (Wildman–Crippen MR) is 74.4 cm³/mol. The summed E-state index contributed by atoms with van der Waals surface area (Å²) in [6.45, 7) is 0.0705. The van der Waals surface area contributed by atoms with E-state index in [-0.39, 0.29) is 12.5 Å². The van der Waals surface area contributed by atoms with E-state index in [9.17, 15) is 4.79 Å². The van der Waals surface area contributed by atoms with Crippen molar-refractivity contribution in [1.82, 2.24) is 9.78 Å². The van der Waals surface area contributed by atoms with Gasteiger partial charge in [0, 0.05) is 6.20 Å². The zero-order valence-corrected chi connectivity index (χ0v) is 11.6. The molecule has 0 unspecified atom stereocenters. The molecule has 2 rings (SSSR count). The van der Waals surface area contributed by atoms with E-state index >= 15 is 0 Å². The molecule has 0 saturated heterocycles. The number of aromatic nitrogens is 2. The Morgan fingerprint density at radius 3 is 2.83 bits per heavy atom. The molecule has 0 fully saturated rings. The number of nitrogens with one attached hydrogen (secondary N) is 1. The van der Waals surface area contributed by atoms with Crippen LogP contribution in [0.3, 0.4) is 0 Å². The molecule has 0 aliphatic rings. The van der Waals surface area contributed by atoms with Crippen molar-refractivity contribution >= 4 is 44.9 Å². The Hall–Kier alpha value is -1.53. The molecule has 0 aliphatic heterocycles. The minimum atomic E-state index is -0.224. The second-order valence-corrected chi connectivity index (χ2v) is 4.85. The quantitative estimate of drug-likeness (QED) is 0.909. The van der Waals surface area contributed by atoms with Gasteiger partial charge in [0.25, 0.3) is 0 Å². The van der Waals surface area contributed by atoms with E-state index in [1.165, 1.54) is 4.68 Å². The van der Waals surface area contributed by atoms with E-state index in [1.54, 1.807) is 30.5 Å². The number of anilines is 2. The molecule has 2 aromatic rings. The number of hydrogen-bond donors (Lipinski definition) is 2. The van der Waals surface area contributed by atoms with Gasteiger partial charge in [-0.1, -0.05) is 23.7 Å². The molecule has 0 saturated carbocycles. The van der Waals surface area contributed by atoms with E-state index in [2.05, 4.69) is 26.3 Å². The molecule has 3 N–H and O–H groups in total. The standard InChI is InChI=1S/C11H10BrClN4O/c12-7-5-17(16-11(7)14)6-10(18)15-9-4-2-1-3-8(9)13/h1-5H,6H2,(H2,14,16)(H,15,18). The van der Waals surface area contributed by atoms with Crippen molar-refractivity contribution in [3.63, 3.8) is 0 Å². The average molecular weight is 330 g/mol. The van der Waals surface area contributed by atoms with Gasteiger partial charge in [-0.15, -0.1) is 0 Å². The third-order valence-electron chi connectivity index (χ3n) is 2.20. The van der Waals surface area contributed by atoms with E-state index in [1.807, 2.05) is 0 Å². The number of carbonyl (C=O) groups is 1. The summed E-state index contributed by atoms with van der Waals surface area (Å²) < 4.78 is 2.11. The maximum Gasteiger partial charge on any atom is 0.246 e. The Morgan fingerprint density at radius 2 is 2.22 bits per heavy atom. The highest BCUT2D eigenvalue weighted by Crippen LogP contribution is 2.20. The number of carbonyl (C=O) groups excluding carboxylic acids is 1. The van der Waals surface area contributed by atoms with Crippen LogP contribution in [-0.4, -0.2) is 15.7 Å². The van der Waals surface area contributed by atoms with Gasteiger partial charge in [-0.05, 0) is 28.1 Å². The number of nitrogens with two attached hydrogens (primary N) is 1. The van der Waals surface area contributed by atoms with Gasteiger partial charge in [0.15, 0.2) is 5.82 Å². The molecule has 18 heavy (non-hydrogen) atoms. The molecular weight excluding hydrogens is 320 g/mol. The zero-order chi connectivity index (χ0) is 13.1. The lowest BCUT2D eigenvalue weighted by atomic mass is 10.3. The van der Waals surface area contributed by atoms with Crippen LogP contribution in [0.5, 0.6) is 0 Å². The van der Waals surface area contributed by atoms with Crippen LogP contribution in [0.25, 0.3) is 0 Å². The third-order valence-corrected chi connectivity index (χ3v) is 3.14. The van der Waals surface area contributed by atoms with Gasteiger partial charge in [-0.2, -0.15) is 5.10 Å². The fraction of sp³-hybridized carbons (Fsp3) is 0.0909. The van der Waals surface area contributed by atoms with Crippen molar-refractivity contribution in [1.29, 1.82) is 0 Å². The molecule has 1 aromatic carbocycles. The van der Waals surface area contributed by atoms with E-state index < -0.39 is 0 Å². The van der Waals surface area contributed by atoms with Gasteiger partial charge in [-0.25, -0.2) is 0 Å². The van der Waals surface area contributed by atoms with E-state index in [4.69, 9.17) is 17.3 Å². The number of rotatable bonds is 3. The first-order chi connectivity index (χ1) is 8.56. The Morgan fingerprint density at radius 1 is 1.50 bits per heavy atom. The summed E-state index contributed by atoms with van der Waals surface area (Å²) in [4.78, 5) is 11.8. The predicted octanol–water partition coefficient (Wildman–Crippen LogP) is 2.52. The van der Waals surface area contributed by atoms with Crippen molar-refractivity contribution in [2.75, 3.05) is 11.1 Å². The lowest BCUT2D eigenvalue weighted by Crippen LogP contribution is -2.19. The molecule has 1 aromatic heterocycles. The molecular formula is C11H10BrClN4O. The summed E-state index contributed by atoms with van der Waals surface area (Å²) in [5, 5.41) is 7.16. The molecule has 1 heterocycles. The SMILES string of the molecule is Nc1nn(CC(=O)Nc2ccccc2Cl)cc1Br. The summed E-state index contributed by atoms with van der Waals surface area (Å²) in [5.74, 6) is 0.124. The highest BCUT2D eigenvalue weighted by molar-refractivity contribution is 9.10. The van der Waals surface area contributed by atoms with E-state index in [0.717, 1.165) is 0 Å². The van der Waals surface area contributed by atoms with Gasteiger partial charge < -0.3 is 11.1 Å². The summed E-state index contributed by atoms with van der Waals surface area (Å²) in [5.41, 5.74) is 6.13. The minimum absolute atomic E-state index is 0.0705. The molecule has 1 amide bonds. The number of hydrogen-bond acceptors (Lipinski definition) is 3. The molecule has 0 spiro atoms. The fourth-order valence-corrected chi connectivity index (χ4v) is 1.89. The molecule has 5 nitrogen and oxygen atoms in total. The lowest BCUT2D eigenvalue weighted by molar-refractivity contribution is -0.116. The topological polar surface area (TPSA) is 72.9 Å². The number of para-hydroxylation sites is 1. The monoisotopic (exact) mass is 328 g/mol. The molecule has 7 heteroatoms. The summed E-state index contributed by atoms with van der Waals surface area (Å²) in [7, 11) is 0. The molecule has 0 atom stereocenters. The number of benzene rings is 1. The second-order valence-electron chi connectivity index (χ2n) is 3.59. The van der Waals surface area contributed by atoms with Gasteiger partial charge in [0.2, 0.25) is 5.91 Å². The third kappa shape index (κ3) is 3.02. The molecule has 0 radical (unpaired) electrons. The van der Waals surface area contributed by atoms with Crippen LogP contribution >= 0.6 is 27.5 Å². The Balaban J connectivity index is 2.03. The molecule has 94 valence electrons. The average Bonchev–Trinajstić information content (AvgIpc) is 2.61. The number of amides is 1. The first kappa shape index (κ1) is 12.9. The maximum atomic E-state index is 11.8. The first-order valence-electron chi connectivity index (χ1n) is 5.09. The second kappa shape index (κ2) is 5.41. The first-order valence-corrected chi connectivity index (χ1v) is 6.26. The molecule has 0 aliphatic carbocycles. The smallest absolute Gasteiger partial charge is 0.246 e. The largest absolute Gasteiger partial charge is 0.381 e. The van der Waals surface area contributed by atoms with Crippen LogP contribution in [0.15, 0.2) is 34.9 Å². The van der Waals surface area contributed by atoms with Crippen molar-refractivity contribution in [2.24, 2.45) is 0 Å². The van der Waals surface area contributed by atoms with Crippen molar-refractivity contribution in [3.05, 3.63) is 40.0 Å². The maximum absolute atomic E-state index is 11.8. The van der Waals surface area contributed by atoms with Crippen LogP contribution in [0.2, 0.25) is 5.02 Å². The Labute approximate surface area is 117 Å². The normalized spacial score (nSPS) is 10.3. The number of halogens is 2. The van der Waals surface area contributed by atoms with Crippen LogP contribution in [0, 0.1) is 0 Å². The summed E-state index contributed by atoms with van der Waals surface area (Å²) in [6, 6.07) is 7.03. The van der Waals surface area contributed by atoms with Crippen molar-refractivity contribution in [3.8, 4) is 0 Å². The van der Waals surface area contributed by atoms with Crippen molar-refractivity contribution < 1.29 is 4.79 Å². The van der Waals surface area contributed by atoms with Gasteiger partial charge in [-0.3, -0.25) is 9.48 Å². The van der Waals surface area contributed by atoms with Crippen LogP contribution in [-0.2, 0) is 11.3 Å². The highest BCUT2D eigenvalue weighted by atomic mass is 79.9. The Bertz CT molecular complexity index is 565. The van der Waals surface area contributed by atoms with Crippen LogP contribution in [0.1, 0.15) is 0 Å². The summed E-state index contributed by atoms with van der Waals surface area (Å²) >= 11 is 9.16. The fourth-order valence-electron chi connectivity index (χ4n) is 1.39. The Kier molecular flexibility index (Phi) is 3.88. The minimum Gasteiger partial charge on any atom is -0.381 e. The number of nitrogen functional groups attached to an aromatic ring is 1. The zero-order valence-electron chi connectivity index (χ0n) is 9.23. The van der Waals surface area contributed by atoms with E-state index in [0.29, 0.717) is 21.0 Å². The van der Waals surface area contributed by atoms with Crippen LogP contribution < -0.4 is 11.1 Å². The highest BCUT2D eigenvalue weighted by Gasteiger charge is 2.08. The van der Waals surface area contributed by atoms with Crippen molar-refractivity contribution in [2.45, 2.75) is 6.54 Å². The van der Waals surface area contributed by atoms with Gasteiger partial charge in [0.05, 0.1) is 15.2 Å². The summed E-state index contributed by atoms with van der Waals surface area (Å²) in [6.07, 6.45) is 1.64. The lowest BCUT2D eigenvalue weighted by Gasteiger charge is -2.06. The van der Waals surface area contributed by atoms with Gasteiger partial charge in [0.1, 0.15) is 6.54 Å². The number of nitrogens with zero attached hydrogens (tertiary/aromatic N) is 2. The van der Waals surface area contributed by atoms with Crippen LogP contribution in [0.4, 0.5) is 11.5 Å². The molecule has 0 bridgehead atoms.